The molecule has 0 aliphatic heterocycles. The van der Waals surface area contributed by atoms with Gasteiger partial charge in [-0.15, -0.1) is 0 Å². The lowest BCUT2D eigenvalue weighted by Gasteiger charge is -2.26. The van der Waals surface area contributed by atoms with Crippen LogP contribution < -0.4 is 14.8 Å². The van der Waals surface area contributed by atoms with Crippen molar-refractivity contribution in [3.05, 3.63) is 77.3 Å². The number of benzene rings is 1. The van der Waals surface area contributed by atoms with Crippen molar-refractivity contribution < 1.29 is 9.47 Å². The molecule has 3 rings (SSSR count). The second-order valence-corrected chi connectivity index (χ2v) is 6.91. The molecule has 6 nitrogen and oxygen atoms in total. The number of thiocarbonyl (C=S) groups is 1. The Bertz CT molecular complexity index is 916. The van der Waals surface area contributed by atoms with E-state index in [9.17, 15) is 0 Å². The first kappa shape index (κ1) is 20.8. The molecule has 0 atom stereocenters. The minimum absolute atomic E-state index is 0.458. The van der Waals surface area contributed by atoms with Gasteiger partial charge in [-0.25, -0.2) is 0 Å². The molecule has 0 spiro atoms. The zero-order chi connectivity index (χ0) is 20.6. The fourth-order valence-electron chi connectivity index (χ4n) is 2.73. The molecule has 0 amide bonds. The van der Waals surface area contributed by atoms with Crippen molar-refractivity contribution >= 4 is 34.6 Å². The molecular weight excluding hydrogens is 408 g/mol. The van der Waals surface area contributed by atoms with Crippen LogP contribution in [0, 0.1) is 0 Å². The lowest BCUT2D eigenvalue weighted by Crippen LogP contribution is -2.34. The van der Waals surface area contributed by atoms with Gasteiger partial charge in [0.15, 0.2) is 5.11 Å². The molecule has 0 aliphatic rings. The van der Waals surface area contributed by atoms with Gasteiger partial charge in [0.1, 0.15) is 11.5 Å². The van der Waals surface area contributed by atoms with E-state index >= 15 is 0 Å². The van der Waals surface area contributed by atoms with Crippen LogP contribution in [0.15, 0.2) is 60.9 Å². The predicted octanol–water partition coefficient (Wildman–Crippen LogP) is 4.55. The van der Waals surface area contributed by atoms with Gasteiger partial charge >= 0.3 is 0 Å². The molecule has 8 heteroatoms. The molecule has 150 valence electrons. The summed E-state index contributed by atoms with van der Waals surface area (Å²) in [6.07, 6.45) is 3.52. The number of aromatic nitrogens is 2. The molecule has 0 saturated carbocycles. The first-order chi connectivity index (χ1) is 14.1. The molecule has 2 heterocycles. The van der Waals surface area contributed by atoms with Crippen LogP contribution in [-0.4, -0.2) is 34.2 Å². The van der Waals surface area contributed by atoms with Crippen molar-refractivity contribution in [2.45, 2.75) is 13.1 Å². The Kier molecular flexibility index (Phi) is 7.21. The van der Waals surface area contributed by atoms with Gasteiger partial charge < -0.3 is 19.7 Å². The van der Waals surface area contributed by atoms with Crippen LogP contribution in [0.4, 0.5) is 5.69 Å². The molecule has 0 fully saturated rings. The van der Waals surface area contributed by atoms with E-state index in [1.807, 2.05) is 41.3 Å². The smallest absolute Gasteiger partial charge is 0.174 e. The van der Waals surface area contributed by atoms with Crippen molar-refractivity contribution in [2.75, 3.05) is 19.5 Å². The van der Waals surface area contributed by atoms with Gasteiger partial charge in [-0.1, -0.05) is 23.7 Å². The molecule has 0 aliphatic carbocycles. The lowest BCUT2D eigenvalue weighted by molar-refractivity contribution is 0.398. The maximum Gasteiger partial charge on any atom is 0.174 e. The second kappa shape index (κ2) is 10.0. The maximum absolute atomic E-state index is 6.20. The van der Waals surface area contributed by atoms with E-state index < -0.39 is 0 Å². The number of ether oxygens (including phenoxy) is 2. The SMILES string of the molecule is COc1cc(NC(=S)N(Cc2ccccn2)Cc2ccccn2)c(OC)cc1Cl. The first-order valence-corrected chi connectivity index (χ1v) is 9.66. The van der Waals surface area contributed by atoms with Crippen LogP contribution in [0.3, 0.4) is 0 Å². The van der Waals surface area contributed by atoms with Crippen LogP contribution in [0.5, 0.6) is 11.5 Å². The summed E-state index contributed by atoms with van der Waals surface area (Å²) in [5.74, 6) is 1.09. The number of pyridine rings is 2. The van der Waals surface area contributed by atoms with E-state index in [1.54, 1.807) is 38.7 Å². The van der Waals surface area contributed by atoms with E-state index in [0.29, 0.717) is 40.4 Å². The Morgan fingerprint density at radius 3 is 2.03 bits per heavy atom. The zero-order valence-corrected chi connectivity index (χ0v) is 17.7. The van der Waals surface area contributed by atoms with Gasteiger partial charge in [0.2, 0.25) is 0 Å². The highest BCUT2D eigenvalue weighted by atomic mass is 35.5. The number of rotatable bonds is 7. The molecule has 0 unspecified atom stereocenters. The number of nitrogens with one attached hydrogen (secondary N) is 1. The summed E-state index contributed by atoms with van der Waals surface area (Å²) in [6.45, 7) is 1.05. The summed E-state index contributed by atoms with van der Waals surface area (Å²) in [5, 5.41) is 4.20. The highest BCUT2D eigenvalue weighted by Gasteiger charge is 2.16. The molecular formula is C21H21ClN4O2S. The van der Waals surface area contributed by atoms with Gasteiger partial charge in [-0.2, -0.15) is 0 Å². The molecule has 3 aromatic rings. The van der Waals surface area contributed by atoms with Gasteiger partial charge in [-0.05, 0) is 36.5 Å². The van der Waals surface area contributed by atoms with Crippen LogP contribution in [0.25, 0.3) is 0 Å². The molecule has 1 aromatic carbocycles. The number of halogens is 1. The summed E-state index contributed by atoms with van der Waals surface area (Å²) in [5.41, 5.74) is 2.45. The van der Waals surface area contributed by atoms with Crippen molar-refractivity contribution in [3.8, 4) is 11.5 Å². The Morgan fingerprint density at radius 1 is 0.966 bits per heavy atom. The van der Waals surface area contributed by atoms with E-state index in [0.717, 1.165) is 11.4 Å². The predicted molar refractivity (Wildman–Crippen MR) is 118 cm³/mol. The topological polar surface area (TPSA) is 59.5 Å². The Balaban J connectivity index is 1.86. The van der Waals surface area contributed by atoms with E-state index in [1.165, 1.54) is 0 Å². The fraction of sp³-hybridized carbons (Fsp3) is 0.190. The lowest BCUT2D eigenvalue weighted by atomic mass is 10.2. The average Bonchev–Trinajstić information content (AvgIpc) is 2.75. The number of anilines is 1. The summed E-state index contributed by atoms with van der Waals surface area (Å²) in [4.78, 5) is 10.8. The maximum atomic E-state index is 6.20. The summed E-state index contributed by atoms with van der Waals surface area (Å²) >= 11 is 11.9. The highest BCUT2D eigenvalue weighted by molar-refractivity contribution is 7.80. The zero-order valence-electron chi connectivity index (χ0n) is 16.1. The third kappa shape index (κ3) is 5.56. The van der Waals surface area contributed by atoms with Crippen LogP contribution in [0.2, 0.25) is 5.02 Å². The normalized spacial score (nSPS) is 10.3. The number of methoxy groups -OCH3 is 2. The Labute approximate surface area is 180 Å². The molecule has 0 radical (unpaired) electrons. The van der Waals surface area contributed by atoms with Crippen molar-refractivity contribution in [3.63, 3.8) is 0 Å². The first-order valence-electron chi connectivity index (χ1n) is 8.88. The summed E-state index contributed by atoms with van der Waals surface area (Å²) < 4.78 is 10.8. The quantitative estimate of drug-likeness (QED) is 0.554. The Morgan fingerprint density at radius 2 is 1.55 bits per heavy atom. The van der Waals surface area contributed by atoms with E-state index in [-0.39, 0.29) is 0 Å². The van der Waals surface area contributed by atoms with E-state index in [2.05, 4.69) is 15.3 Å². The molecule has 29 heavy (non-hydrogen) atoms. The van der Waals surface area contributed by atoms with Crippen LogP contribution >= 0.6 is 23.8 Å². The minimum atomic E-state index is 0.458. The monoisotopic (exact) mass is 428 g/mol. The molecule has 2 aromatic heterocycles. The standard InChI is InChI=1S/C21H21ClN4O2S/c1-27-19-12-18(20(28-2)11-17(19)22)25-21(29)26(13-15-7-3-5-9-23-15)14-16-8-4-6-10-24-16/h3-12H,13-14H2,1-2H3,(H,25,29). The third-order valence-electron chi connectivity index (χ3n) is 4.16. The van der Waals surface area contributed by atoms with E-state index in [4.69, 9.17) is 33.3 Å². The molecule has 0 saturated heterocycles. The van der Waals surface area contributed by atoms with Crippen molar-refractivity contribution in [1.82, 2.24) is 14.9 Å². The fourth-order valence-corrected chi connectivity index (χ4v) is 3.20. The largest absolute Gasteiger partial charge is 0.495 e. The summed E-state index contributed by atoms with van der Waals surface area (Å²) in [6, 6.07) is 15.0. The second-order valence-electron chi connectivity index (χ2n) is 6.12. The minimum Gasteiger partial charge on any atom is -0.495 e. The van der Waals surface area contributed by atoms with Gasteiger partial charge in [-0.3, -0.25) is 9.97 Å². The molecule has 0 bridgehead atoms. The van der Waals surface area contributed by atoms with Crippen molar-refractivity contribution in [1.29, 1.82) is 0 Å². The number of hydrogen-bond acceptors (Lipinski definition) is 5. The third-order valence-corrected chi connectivity index (χ3v) is 4.82. The van der Waals surface area contributed by atoms with Crippen LogP contribution in [-0.2, 0) is 13.1 Å². The molecule has 1 N–H and O–H groups in total. The van der Waals surface area contributed by atoms with Crippen LogP contribution in [0.1, 0.15) is 11.4 Å². The Hall–Kier alpha value is -2.90. The summed E-state index contributed by atoms with van der Waals surface area (Å²) in [7, 11) is 3.14. The van der Waals surface area contributed by atoms with Gasteiger partial charge in [0.25, 0.3) is 0 Å². The van der Waals surface area contributed by atoms with Gasteiger partial charge in [0.05, 0.1) is 49.4 Å². The highest BCUT2D eigenvalue weighted by Crippen LogP contribution is 2.36. The number of hydrogen-bond donors (Lipinski definition) is 1. The van der Waals surface area contributed by atoms with Gasteiger partial charge in [0, 0.05) is 24.5 Å². The average molecular weight is 429 g/mol. The van der Waals surface area contributed by atoms with Crippen molar-refractivity contribution in [2.24, 2.45) is 0 Å². The number of nitrogens with zero attached hydrogens (tertiary/aromatic N) is 3.